The average Bonchev–Trinajstić information content (AvgIpc) is 3.23. The molecule has 1 aliphatic carbocycles. The summed E-state index contributed by atoms with van der Waals surface area (Å²) in [7, 11) is 5.72. The normalized spacial score (nSPS) is 16.9. The topological polar surface area (TPSA) is 119 Å². The lowest BCUT2D eigenvalue weighted by Gasteiger charge is -2.40. The molecular formula is C26H31FN4O5. The number of halogens is 1. The van der Waals surface area contributed by atoms with Crippen LogP contribution >= 0.6 is 0 Å². The van der Waals surface area contributed by atoms with Crippen molar-refractivity contribution in [2.24, 2.45) is 0 Å². The Bertz CT molecular complexity index is 1250. The molecule has 3 aromatic rings. The molecule has 0 aliphatic heterocycles. The number of hydrogen-bond acceptors (Lipinski definition) is 6. The van der Waals surface area contributed by atoms with E-state index in [1.54, 1.807) is 29.3 Å². The van der Waals surface area contributed by atoms with Gasteiger partial charge in [-0.1, -0.05) is 6.08 Å². The number of carbonyl (C=O) groups excluding carboxylic acids is 1. The van der Waals surface area contributed by atoms with Crippen LogP contribution in [0.4, 0.5) is 4.39 Å². The Kier molecular flexibility index (Phi) is 8.65. The molecule has 0 saturated heterocycles. The van der Waals surface area contributed by atoms with E-state index in [1.165, 1.54) is 12.1 Å². The Labute approximate surface area is 208 Å². The van der Waals surface area contributed by atoms with Crippen LogP contribution in [0.5, 0.6) is 11.5 Å². The summed E-state index contributed by atoms with van der Waals surface area (Å²) >= 11 is 0. The molecular weight excluding hydrogens is 467 g/mol. The second-order valence-electron chi connectivity index (χ2n) is 8.97. The Hall–Kier alpha value is -3.92. The van der Waals surface area contributed by atoms with Crippen molar-refractivity contribution in [3.8, 4) is 22.6 Å². The number of hydrogen-bond donors (Lipinski definition) is 3. The van der Waals surface area contributed by atoms with Gasteiger partial charge in [-0.05, 0) is 43.9 Å². The third-order valence-electron chi connectivity index (χ3n) is 5.77. The molecule has 2 aromatic carbocycles. The van der Waals surface area contributed by atoms with Crippen molar-refractivity contribution in [3.05, 3.63) is 54.5 Å². The lowest BCUT2D eigenvalue weighted by molar-refractivity contribution is -0.134. The molecule has 1 aromatic heterocycles. The fourth-order valence-corrected chi connectivity index (χ4v) is 3.80. The molecule has 0 atom stereocenters. The summed E-state index contributed by atoms with van der Waals surface area (Å²) in [5.41, 5.74) is 1.73. The highest BCUT2D eigenvalue weighted by Gasteiger charge is 2.35. The van der Waals surface area contributed by atoms with Crippen LogP contribution in [0.2, 0.25) is 0 Å². The number of H-pyrrole nitrogens is 1. The van der Waals surface area contributed by atoms with Crippen molar-refractivity contribution in [2.45, 2.75) is 31.9 Å². The third kappa shape index (κ3) is 6.82. The molecule has 0 radical (unpaired) electrons. The second-order valence-corrected chi connectivity index (χ2v) is 8.97. The number of aromatic hydroxyl groups is 1. The Morgan fingerprint density at radius 3 is 2.56 bits per heavy atom. The Morgan fingerprint density at radius 2 is 1.92 bits per heavy atom. The number of ether oxygens (including phenoxy) is 1. The molecule has 10 heteroatoms. The number of rotatable bonds is 7. The van der Waals surface area contributed by atoms with E-state index in [2.05, 4.69) is 10.2 Å². The molecule has 0 spiro atoms. The third-order valence-corrected chi connectivity index (χ3v) is 5.77. The Morgan fingerprint density at radius 1 is 1.22 bits per heavy atom. The summed E-state index contributed by atoms with van der Waals surface area (Å²) in [6, 6.07) is 7.79. The number of likely N-dealkylation sites (N-methyl/N-ethyl adjacent to an activating group) is 2. The number of aliphatic carboxylic acids is 1. The van der Waals surface area contributed by atoms with Crippen molar-refractivity contribution in [1.29, 1.82) is 0 Å². The van der Waals surface area contributed by atoms with E-state index < -0.39 is 11.8 Å². The van der Waals surface area contributed by atoms with Gasteiger partial charge in [0.2, 0.25) is 5.91 Å². The maximum Gasteiger partial charge on any atom is 0.300 e. The molecule has 1 heterocycles. The summed E-state index contributed by atoms with van der Waals surface area (Å²) in [5.74, 6) is -0.874. The van der Waals surface area contributed by atoms with Crippen molar-refractivity contribution >= 4 is 22.8 Å². The van der Waals surface area contributed by atoms with Gasteiger partial charge in [-0.15, -0.1) is 0 Å². The van der Waals surface area contributed by atoms with E-state index in [4.69, 9.17) is 14.6 Å². The first-order valence-corrected chi connectivity index (χ1v) is 11.5. The molecule has 192 valence electrons. The van der Waals surface area contributed by atoms with Crippen molar-refractivity contribution in [3.63, 3.8) is 0 Å². The number of benzene rings is 2. The van der Waals surface area contributed by atoms with Crippen molar-refractivity contribution < 1.29 is 28.9 Å². The molecule has 1 fully saturated rings. The lowest BCUT2D eigenvalue weighted by Crippen LogP contribution is -2.49. The van der Waals surface area contributed by atoms with Gasteiger partial charge in [0.25, 0.3) is 5.97 Å². The van der Waals surface area contributed by atoms with Gasteiger partial charge in [0.05, 0.1) is 17.1 Å². The van der Waals surface area contributed by atoms with E-state index in [0.29, 0.717) is 23.4 Å². The number of amides is 1. The number of aromatic nitrogens is 2. The van der Waals surface area contributed by atoms with Crippen LogP contribution in [-0.4, -0.2) is 81.9 Å². The van der Waals surface area contributed by atoms with E-state index in [0.717, 1.165) is 36.7 Å². The summed E-state index contributed by atoms with van der Waals surface area (Å²) < 4.78 is 20.6. The predicted octanol–water partition coefficient (Wildman–Crippen LogP) is 3.65. The number of carboxylic acid groups (broad SMARTS) is 1. The second kappa shape index (κ2) is 11.7. The molecule has 36 heavy (non-hydrogen) atoms. The average molecular weight is 499 g/mol. The first-order chi connectivity index (χ1) is 17.0. The standard InChI is InChI=1S/C24H27FN4O3.C2H4O2/c1-28(2)8-4-5-24(31)29(3)16-11-18(12-16)32-23-10-15(9-22-20(23)14-26-27-22)19-7-6-17(30)13-21(19)25;1-2(3)4/h4-7,9-10,13-14,16,18,30H,8,11-12H2,1-3H3,(H,26,27);1H3,(H,3,4)/b5-4+;. The number of phenolic OH excluding ortho intramolecular Hbond substituents is 1. The van der Waals surface area contributed by atoms with E-state index >= 15 is 0 Å². The van der Waals surface area contributed by atoms with Gasteiger partial charge in [0, 0.05) is 57.1 Å². The molecule has 0 unspecified atom stereocenters. The van der Waals surface area contributed by atoms with E-state index in [1.807, 2.05) is 32.1 Å². The molecule has 4 rings (SSSR count). The van der Waals surface area contributed by atoms with Crippen molar-refractivity contribution in [1.82, 2.24) is 20.0 Å². The minimum Gasteiger partial charge on any atom is -0.508 e. The van der Waals surface area contributed by atoms with E-state index in [9.17, 15) is 14.3 Å². The number of fused-ring (bicyclic) bond motifs is 1. The predicted molar refractivity (Wildman–Crippen MR) is 134 cm³/mol. The van der Waals surface area contributed by atoms with Gasteiger partial charge >= 0.3 is 0 Å². The van der Waals surface area contributed by atoms with Crippen LogP contribution in [-0.2, 0) is 9.59 Å². The minimum atomic E-state index is -0.833. The van der Waals surface area contributed by atoms with Gasteiger partial charge < -0.3 is 24.7 Å². The van der Waals surface area contributed by atoms with Crippen LogP contribution in [0.3, 0.4) is 0 Å². The first-order valence-electron chi connectivity index (χ1n) is 11.5. The van der Waals surface area contributed by atoms with Crippen LogP contribution in [0.25, 0.3) is 22.0 Å². The van der Waals surface area contributed by atoms with Gasteiger partial charge in [-0.3, -0.25) is 14.7 Å². The maximum atomic E-state index is 14.4. The fraction of sp³-hybridized carbons (Fsp3) is 0.346. The summed E-state index contributed by atoms with van der Waals surface area (Å²) in [5, 5.41) is 24.7. The van der Waals surface area contributed by atoms with Crippen LogP contribution in [0, 0.1) is 5.82 Å². The maximum absolute atomic E-state index is 14.4. The van der Waals surface area contributed by atoms with Gasteiger partial charge in [0.15, 0.2) is 0 Å². The van der Waals surface area contributed by atoms with E-state index in [-0.39, 0.29) is 23.8 Å². The number of nitrogens with zero attached hydrogens (tertiary/aromatic N) is 3. The molecule has 1 saturated carbocycles. The Balaban J connectivity index is 0.000000840. The number of carbonyl (C=O) groups is 2. The van der Waals surface area contributed by atoms with Crippen molar-refractivity contribution in [2.75, 3.05) is 27.7 Å². The number of phenols is 1. The van der Waals surface area contributed by atoms with Crippen LogP contribution < -0.4 is 4.74 Å². The molecule has 9 nitrogen and oxygen atoms in total. The highest BCUT2D eigenvalue weighted by Crippen LogP contribution is 2.37. The minimum absolute atomic E-state index is 0.0164. The number of carboxylic acids is 1. The summed E-state index contributed by atoms with van der Waals surface area (Å²) in [4.78, 5) is 25.1. The monoisotopic (exact) mass is 498 g/mol. The quantitative estimate of drug-likeness (QED) is 0.426. The van der Waals surface area contributed by atoms with Gasteiger partial charge in [-0.2, -0.15) is 5.10 Å². The zero-order chi connectivity index (χ0) is 26.4. The highest BCUT2D eigenvalue weighted by molar-refractivity contribution is 5.90. The highest BCUT2D eigenvalue weighted by atomic mass is 19.1. The van der Waals surface area contributed by atoms with Gasteiger partial charge in [0.1, 0.15) is 23.4 Å². The largest absolute Gasteiger partial charge is 0.508 e. The molecule has 1 aliphatic rings. The molecule has 3 N–H and O–H groups in total. The summed E-state index contributed by atoms with van der Waals surface area (Å²) in [6.45, 7) is 1.80. The molecule has 1 amide bonds. The lowest BCUT2D eigenvalue weighted by atomic mass is 9.88. The van der Waals surface area contributed by atoms with Gasteiger partial charge in [-0.25, -0.2) is 4.39 Å². The summed E-state index contributed by atoms with van der Waals surface area (Å²) in [6.07, 6.45) is 6.55. The zero-order valence-corrected chi connectivity index (χ0v) is 20.7. The SMILES string of the molecule is CC(=O)O.CN(C)C/C=C/C(=O)N(C)C1CC(Oc2cc(-c3ccc(O)cc3F)cc3[nH]ncc23)C1. The zero-order valence-electron chi connectivity index (χ0n) is 20.7. The number of aromatic amines is 1. The molecule has 0 bridgehead atoms. The van der Waals surface area contributed by atoms with Crippen LogP contribution in [0.15, 0.2) is 48.7 Å². The van der Waals surface area contributed by atoms with Crippen LogP contribution in [0.1, 0.15) is 19.8 Å². The number of nitrogens with one attached hydrogen (secondary N) is 1. The smallest absolute Gasteiger partial charge is 0.300 e. The fourth-order valence-electron chi connectivity index (χ4n) is 3.80. The first kappa shape index (κ1) is 26.7.